The van der Waals surface area contributed by atoms with E-state index >= 15 is 0 Å². The minimum Gasteiger partial charge on any atom is -0.368 e. The number of imidazole rings is 1. The molecule has 3 N–H and O–H groups in total. The molecule has 7 heteroatoms. The van der Waals surface area contributed by atoms with Gasteiger partial charge in [0.1, 0.15) is 10.5 Å². The van der Waals surface area contributed by atoms with E-state index < -0.39 is 0 Å². The van der Waals surface area contributed by atoms with Crippen LogP contribution < -0.4 is 11.4 Å². The van der Waals surface area contributed by atoms with E-state index in [1.54, 1.807) is 4.57 Å². The number of nitrogen functional groups attached to an aromatic ring is 1. The fourth-order valence-corrected chi connectivity index (χ4v) is 2.89. The molecule has 6 nitrogen and oxygen atoms in total. The fraction of sp³-hybridized carbons (Fsp3) is 0.214. The molecule has 108 valence electrons. The lowest BCUT2D eigenvalue weighted by Gasteiger charge is -2.05. The molecule has 0 saturated carbocycles. The van der Waals surface area contributed by atoms with Crippen LogP contribution >= 0.6 is 11.8 Å². The monoisotopic (exact) mass is 301 g/mol. The molecular formula is C14H15N5OS. The number of nitrogens with two attached hydrogens (primary N) is 1. The van der Waals surface area contributed by atoms with Crippen LogP contribution in [-0.2, 0) is 6.54 Å². The zero-order valence-corrected chi connectivity index (χ0v) is 12.4. The fourth-order valence-electron chi connectivity index (χ4n) is 2.17. The molecule has 0 saturated heterocycles. The summed E-state index contributed by atoms with van der Waals surface area (Å²) in [6.07, 6.45) is 0. The Morgan fingerprint density at radius 1 is 1.29 bits per heavy atom. The van der Waals surface area contributed by atoms with Crippen LogP contribution in [0.3, 0.4) is 0 Å². The number of fused-ring (bicyclic) bond motifs is 1. The molecule has 2 aromatic heterocycles. The molecule has 1 aromatic carbocycles. The summed E-state index contributed by atoms with van der Waals surface area (Å²) in [5.74, 6) is 1.02. The summed E-state index contributed by atoms with van der Waals surface area (Å²) < 4.78 is 1.59. The third kappa shape index (κ3) is 2.64. The molecule has 3 rings (SSSR count). The van der Waals surface area contributed by atoms with E-state index in [-0.39, 0.29) is 11.6 Å². The van der Waals surface area contributed by atoms with Gasteiger partial charge in [-0.25, -0.2) is 9.78 Å². The summed E-state index contributed by atoms with van der Waals surface area (Å²) in [6.45, 7) is 2.47. The van der Waals surface area contributed by atoms with Crippen molar-refractivity contribution in [2.75, 3.05) is 11.5 Å². The third-order valence-corrected chi connectivity index (χ3v) is 3.93. The molecule has 2 heterocycles. The van der Waals surface area contributed by atoms with Gasteiger partial charge in [0.2, 0.25) is 5.95 Å². The Balaban J connectivity index is 2.15. The summed E-state index contributed by atoms with van der Waals surface area (Å²) >= 11 is 1.53. The van der Waals surface area contributed by atoms with Crippen LogP contribution in [0.25, 0.3) is 11.2 Å². The van der Waals surface area contributed by atoms with Gasteiger partial charge < -0.3 is 10.7 Å². The van der Waals surface area contributed by atoms with E-state index in [1.807, 2.05) is 37.3 Å². The van der Waals surface area contributed by atoms with Gasteiger partial charge in [0, 0.05) is 0 Å². The van der Waals surface area contributed by atoms with Gasteiger partial charge in [-0.15, -0.1) is 11.8 Å². The first-order valence-corrected chi connectivity index (χ1v) is 7.60. The largest absolute Gasteiger partial charge is 0.368 e. The second-order valence-corrected chi connectivity index (χ2v) is 5.77. The van der Waals surface area contributed by atoms with E-state index in [9.17, 15) is 4.79 Å². The van der Waals surface area contributed by atoms with Crippen molar-refractivity contribution in [1.82, 2.24) is 19.5 Å². The van der Waals surface area contributed by atoms with Crippen molar-refractivity contribution in [3.05, 3.63) is 46.4 Å². The molecule has 0 spiro atoms. The van der Waals surface area contributed by atoms with Crippen LogP contribution in [0, 0.1) is 0 Å². The molecule has 0 aliphatic carbocycles. The van der Waals surface area contributed by atoms with Crippen LogP contribution in [0.1, 0.15) is 12.5 Å². The molecule has 0 fully saturated rings. The second-order valence-electron chi connectivity index (χ2n) is 4.52. The molecule has 0 aliphatic heterocycles. The van der Waals surface area contributed by atoms with E-state index in [1.165, 1.54) is 11.8 Å². The van der Waals surface area contributed by atoms with E-state index in [0.29, 0.717) is 22.7 Å². The lowest BCUT2D eigenvalue weighted by Crippen LogP contribution is -2.17. The van der Waals surface area contributed by atoms with Gasteiger partial charge in [0.05, 0.1) is 6.54 Å². The van der Waals surface area contributed by atoms with Crippen LogP contribution in [0.4, 0.5) is 5.95 Å². The Morgan fingerprint density at radius 2 is 2.05 bits per heavy atom. The Hall–Kier alpha value is -2.28. The van der Waals surface area contributed by atoms with Crippen molar-refractivity contribution < 1.29 is 0 Å². The first-order chi connectivity index (χ1) is 10.2. The average molecular weight is 301 g/mol. The van der Waals surface area contributed by atoms with Gasteiger partial charge in [-0.1, -0.05) is 37.3 Å². The molecule has 0 unspecified atom stereocenters. The van der Waals surface area contributed by atoms with Crippen molar-refractivity contribution in [1.29, 1.82) is 0 Å². The third-order valence-electron chi connectivity index (χ3n) is 3.07. The zero-order chi connectivity index (χ0) is 14.8. The predicted octanol–water partition coefficient (Wildman–Crippen LogP) is 1.86. The average Bonchev–Trinajstić information content (AvgIpc) is 2.78. The predicted molar refractivity (Wildman–Crippen MR) is 84.5 cm³/mol. The van der Waals surface area contributed by atoms with Crippen LogP contribution in [0.2, 0.25) is 0 Å². The number of aromatic amines is 1. The Labute approximate surface area is 125 Å². The summed E-state index contributed by atoms with van der Waals surface area (Å²) in [6, 6.07) is 9.76. The Bertz CT molecular complexity index is 824. The lowest BCUT2D eigenvalue weighted by atomic mass is 10.2. The normalized spacial score (nSPS) is 11.1. The van der Waals surface area contributed by atoms with Gasteiger partial charge >= 0.3 is 5.69 Å². The van der Waals surface area contributed by atoms with Crippen LogP contribution in [0.5, 0.6) is 0 Å². The standard InChI is InChI=1S/C14H15N5OS/c1-2-21-12-10-11(17-13(15)18-12)19(14(20)16-10)8-9-6-4-3-5-7-9/h3-7H,2,8H2,1H3,(H,16,20)(H2,15,17,18). The van der Waals surface area contributed by atoms with Crippen molar-refractivity contribution >= 4 is 28.9 Å². The summed E-state index contributed by atoms with van der Waals surface area (Å²) in [7, 11) is 0. The number of nitrogens with zero attached hydrogens (tertiary/aromatic N) is 3. The molecule has 0 amide bonds. The highest BCUT2D eigenvalue weighted by atomic mass is 32.2. The SMILES string of the molecule is CCSc1nc(N)nc2c1[nH]c(=O)n2Cc1ccccc1. The maximum Gasteiger partial charge on any atom is 0.328 e. The maximum atomic E-state index is 12.2. The van der Waals surface area contributed by atoms with Crippen molar-refractivity contribution in [2.24, 2.45) is 0 Å². The Morgan fingerprint density at radius 3 is 2.76 bits per heavy atom. The number of anilines is 1. The number of nitrogens with one attached hydrogen (secondary N) is 1. The molecular weight excluding hydrogens is 286 g/mol. The highest BCUT2D eigenvalue weighted by molar-refractivity contribution is 7.99. The first-order valence-electron chi connectivity index (χ1n) is 6.61. The van der Waals surface area contributed by atoms with Gasteiger partial charge in [0.25, 0.3) is 0 Å². The summed E-state index contributed by atoms with van der Waals surface area (Å²) in [5, 5.41) is 0.712. The summed E-state index contributed by atoms with van der Waals surface area (Å²) in [4.78, 5) is 23.5. The van der Waals surface area contributed by atoms with Crippen molar-refractivity contribution in [2.45, 2.75) is 18.5 Å². The maximum absolute atomic E-state index is 12.2. The topological polar surface area (TPSA) is 89.6 Å². The Kier molecular flexibility index (Phi) is 3.66. The zero-order valence-electron chi connectivity index (χ0n) is 11.5. The number of thioether (sulfide) groups is 1. The minimum atomic E-state index is -0.202. The molecule has 0 aliphatic rings. The molecule has 21 heavy (non-hydrogen) atoms. The van der Waals surface area contributed by atoms with Gasteiger partial charge in [-0.3, -0.25) is 4.57 Å². The number of H-pyrrole nitrogens is 1. The first kappa shape index (κ1) is 13.7. The van der Waals surface area contributed by atoms with E-state index in [0.717, 1.165) is 11.3 Å². The smallest absolute Gasteiger partial charge is 0.328 e. The van der Waals surface area contributed by atoms with E-state index in [4.69, 9.17) is 5.73 Å². The number of benzene rings is 1. The molecule has 0 bridgehead atoms. The van der Waals surface area contributed by atoms with Crippen molar-refractivity contribution in [3.63, 3.8) is 0 Å². The van der Waals surface area contributed by atoms with Gasteiger partial charge in [-0.05, 0) is 11.3 Å². The molecule has 0 atom stereocenters. The number of hydrogen-bond donors (Lipinski definition) is 2. The second kappa shape index (κ2) is 5.61. The van der Waals surface area contributed by atoms with E-state index in [2.05, 4.69) is 15.0 Å². The minimum absolute atomic E-state index is 0.180. The number of rotatable bonds is 4. The van der Waals surface area contributed by atoms with Crippen LogP contribution in [-0.4, -0.2) is 25.3 Å². The highest BCUT2D eigenvalue weighted by Crippen LogP contribution is 2.23. The van der Waals surface area contributed by atoms with Crippen LogP contribution in [0.15, 0.2) is 40.2 Å². The molecule has 0 radical (unpaired) electrons. The summed E-state index contributed by atoms with van der Waals surface area (Å²) in [5.41, 5.74) is 7.79. The molecule has 3 aromatic rings. The quantitative estimate of drug-likeness (QED) is 0.567. The van der Waals surface area contributed by atoms with Crippen molar-refractivity contribution in [3.8, 4) is 0 Å². The lowest BCUT2D eigenvalue weighted by molar-refractivity contribution is 0.778. The number of aromatic nitrogens is 4. The highest BCUT2D eigenvalue weighted by Gasteiger charge is 2.14. The van der Waals surface area contributed by atoms with Gasteiger partial charge in [-0.2, -0.15) is 4.98 Å². The van der Waals surface area contributed by atoms with Gasteiger partial charge in [0.15, 0.2) is 5.65 Å². The number of hydrogen-bond acceptors (Lipinski definition) is 5.